The fraction of sp³-hybridized carbons (Fsp3) is 0.500. The number of aromatic nitrogens is 1. The highest BCUT2D eigenvalue weighted by molar-refractivity contribution is 6.30. The van der Waals surface area contributed by atoms with Gasteiger partial charge in [0, 0.05) is 38.3 Å². The Morgan fingerprint density at radius 1 is 1.50 bits per heavy atom. The smallest absolute Gasteiger partial charge is 0.312 e. The van der Waals surface area contributed by atoms with Gasteiger partial charge < -0.3 is 10.2 Å². The Balaban J connectivity index is 1.90. The minimum Gasteiger partial charge on any atom is -0.364 e. The lowest BCUT2D eigenvalue weighted by molar-refractivity contribution is -0.384. The average Bonchev–Trinajstić information content (AvgIpc) is 2.94. The van der Waals surface area contributed by atoms with Gasteiger partial charge in [-0.1, -0.05) is 11.6 Å². The maximum Gasteiger partial charge on any atom is 0.312 e. The standard InChI is InChI=1S/C12H15ClN4O3/c13-9-7-10(17(19)20)12(15-8-9)14-4-3-11(18)16-5-1-2-6-16/h7-8H,1-6H2,(H,14,15). The number of carbonyl (C=O) groups is 1. The summed E-state index contributed by atoms with van der Waals surface area (Å²) in [4.78, 5) is 27.8. The van der Waals surface area contributed by atoms with E-state index >= 15 is 0 Å². The quantitative estimate of drug-likeness (QED) is 0.664. The van der Waals surface area contributed by atoms with E-state index in [-0.39, 0.29) is 22.4 Å². The van der Waals surface area contributed by atoms with Crippen LogP contribution < -0.4 is 5.32 Å². The molecule has 2 rings (SSSR count). The predicted octanol–water partition coefficient (Wildman–Crippen LogP) is 2.07. The maximum absolute atomic E-state index is 11.8. The molecule has 0 atom stereocenters. The summed E-state index contributed by atoms with van der Waals surface area (Å²) < 4.78 is 0. The normalized spacial score (nSPS) is 14.3. The molecule has 1 fully saturated rings. The van der Waals surface area contributed by atoms with E-state index in [4.69, 9.17) is 11.6 Å². The molecule has 7 nitrogen and oxygen atoms in total. The number of halogens is 1. The summed E-state index contributed by atoms with van der Waals surface area (Å²) in [5.74, 6) is 0.195. The zero-order valence-corrected chi connectivity index (χ0v) is 11.6. The number of amides is 1. The number of hydrogen-bond acceptors (Lipinski definition) is 5. The van der Waals surface area contributed by atoms with Crippen LogP contribution >= 0.6 is 11.6 Å². The van der Waals surface area contributed by atoms with Crippen LogP contribution in [0, 0.1) is 10.1 Å². The lowest BCUT2D eigenvalue weighted by Gasteiger charge is -2.15. The molecule has 0 bridgehead atoms. The van der Waals surface area contributed by atoms with Gasteiger partial charge in [0.25, 0.3) is 0 Å². The Kier molecular flexibility index (Phi) is 4.73. The van der Waals surface area contributed by atoms with Gasteiger partial charge in [0.05, 0.1) is 9.95 Å². The molecule has 0 radical (unpaired) electrons. The minimum atomic E-state index is -0.552. The summed E-state index contributed by atoms with van der Waals surface area (Å²) in [6.45, 7) is 1.92. The Morgan fingerprint density at radius 3 is 2.85 bits per heavy atom. The molecule has 1 aliphatic heterocycles. The molecule has 1 N–H and O–H groups in total. The first-order valence-electron chi connectivity index (χ1n) is 6.39. The lowest BCUT2D eigenvalue weighted by Crippen LogP contribution is -2.29. The van der Waals surface area contributed by atoms with Gasteiger partial charge in [-0.15, -0.1) is 0 Å². The number of rotatable bonds is 5. The maximum atomic E-state index is 11.8. The van der Waals surface area contributed by atoms with Crippen LogP contribution in [0.25, 0.3) is 0 Å². The summed E-state index contributed by atoms with van der Waals surface area (Å²) in [6.07, 6.45) is 3.72. The molecule has 8 heteroatoms. The van der Waals surface area contributed by atoms with Crippen LogP contribution in [0.2, 0.25) is 5.02 Å². The summed E-state index contributed by atoms with van der Waals surface area (Å²) in [5.41, 5.74) is -0.189. The molecule has 1 aromatic heterocycles. The molecular formula is C12H15ClN4O3. The lowest BCUT2D eigenvalue weighted by atomic mass is 10.3. The molecule has 0 aromatic carbocycles. The first-order valence-corrected chi connectivity index (χ1v) is 6.77. The number of nitro groups is 1. The van der Waals surface area contributed by atoms with Crippen molar-refractivity contribution in [3.8, 4) is 0 Å². The monoisotopic (exact) mass is 298 g/mol. The molecule has 108 valence electrons. The molecule has 20 heavy (non-hydrogen) atoms. The van der Waals surface area contributed by atoms with Crippen molar-refractivity contribution in [3.05, 3.63) is 27.4 Å². The van der Waals surface area contributed by atoms with Crippen molar-refractivity contribution >= 4 is 29.0 Å². The van der Waals surface area contributed by atoms with Crippen LogP contribution in [0.15, 0.2) is 12.3 Å². The fourth-order valence-electron chi connectivity index (χ4n) is 2.12. The molecule has 1 aromatic rings. The largest absolute Gasteiger partial charge is 0.364 e. The van der Waals surface area contributed by atoms with Crippen molar-refractivity contribution < 1.29 is 9.72 Å². The van der Waals surface area contributed by atoms with E-state index in [2.05, 4.69) is 10.3 Å². The molecule has 2 heterocycles. The van der Waals surface area contributed by atoms with Gasteiger partial charge in [0.1, 0.15) is 0 Å². The number of anilines is 1. The van der Waals surface area contributed by atoms with Gasteiger partial charge in [0.2, 0.25) is 11.7 Å². The van der Waals surface area contributed by atoms with Gasteiger partial charge in [0.15, 0.2) is 0 Å². The Morgan fingerprint density at radius 2 is 2.20 bits per heavy atom. The topological polar surface area (TPSA) is 88.4 Å². The predicted molar refractivity (Wildman–Crippen MR) is 74.8 cm³/mol. The molecule has 0 saturated carbocycles. The van der Waals surface area contributed by atoms with Gasteiger partial charge in [-0.25, -0.2) is 4.98 Å². The first kappa shape index (κ1) is 14.5. The van der Waals surface area contributed by atoms with Gasteiger partial charge in [-0.2, -0.15) is 0 Å². The van der Waals surface area contributed by atoms with E-state index in [1.165, 1.54) is 12.3 Å². The van der Waals surface area contributed by atoms with Crippen LogP contribution in [0.3, 0.4) is 0 Å². The Bertz CT molecular complexity index is 517. The second kappa shape index (κ2) is 6.51. The van der Waals surface area contributed by atoms with Crippen LogP contribution in [0.5, 0.6) is 0 Å². The molecule has 0 spiro atoms. The Hall–Kier alpha value is -1.89. The molecule has 0 unspecified atom stereocenters. The molecule has 0 aliphatic carbocycles. The minimum absolute atomic E-state index is 0.0617. The summed E-state index contributed by atoms with van der Waals surface area (Å²) in [6, 6.07) is 1.24. The van der Waals surface area contributed by atoms with Gasteiger partial charge >= 0.3 is 5.69 Å². The van der Waals surface area contributed by atoms with E-state index < -0.39 is 4.92 Å². The number of hydrogen-bond donors (Lipinski definition) is 1. The van der Waals surface area contributed by atoms with Crippen molar-refractivity contribution in [2.24, 2.45) is 0 Å². The van der Waals surface area contributed by atoms with E-state index in [1.807, 2.05) is 4.90 Å². The zero-order chi connectivity index (χ0) is 14.5. The van der Waals surface area contributed by atoms with Crippen LogP contribution in [0.1, 0.15) is 19.3 Å². The number of nitrogens with one attached hydrogen (secondary N) is 1. The molecule has 1 aliphatic rings. The highest BCUT2D eigenvalue weighted by Gasteiger charge is 2.19. The number of carbonyl (C=O) groups excluding carboxylic acids is 1. The highest BCUT2D eigenvalue weighted by Crippen LogP contribution is 2.24. The average molecular weight is 299 g/mol. The van der Waals surface area contributed by atoms with Crippen molar-refractivity contribution in [2.45, 2.75) is 19.3 Å². The number of likely N-dealkylation sites (tertiary alicyclic amines) is 1. The van der Waals surface area contributed by atoms with Crippen molar-refractivity contribution in [1.29, 1.82) is 0 Å². The second-order valence-corrected chi connectivity index (χ2v) is 4.98. The van der Waals surface area contributed by atoms with Crippen molar-refractivity contribution in [2.75, 3.05) is 25.0 Å². The van der Waals surface area contributed by atoms with Crippen LogP contribution in [-0.4, -0.2) is 40.3 Å². The fourth-order valence-corrected chi connectivity index (χ4v) is 2.27. The molecule has 1 amide bonds. The summed E-state index contributed by atoms with van der Waals surface area (Å²) in [7, 11) is 0. The molecular weight excluding hydrogens is 284 g/mol. The zero-order valence-electron chi connectivity index (χ0n) is 10.8. The third-order valence-electron chi connectivity index (χ3n) is 3.12. The second-order valence-electron chi connectivity index (χ2n) is 4.54. The SMILES string of the molecule is O=C(CCNc1ncc(Cl)cc1[N+](=O)[O-])N1CCCC1. The van der Waals surface area contributed by atoms with Crippen molar-refractivity contribution in [3.63, 3.8) is 0 Å². The van der Waals surface area contributed by atoms with E-state index in [0.29, 0.717) is 13.0 Å². The van der Waals surface area contributed by atoms with Crippen LogP contribution in [0.4, 0.5) is 11.5 Å². The highest BCUT2D eigenvalue weighted by atomic mass is 35.5. The third-order valence-corrected chi connectivity index (χ3v) is 3.33. The van der Waals surface area contributed by atoms with E-state index in [0.717, 1.165) is 25.9 Å². The van der Waals surface area contributed by atoms with Crippen molar-refractivity contribution in [1.82, 2.24) is 9.88 Å². The molecule has 1 saturated heterocycles. The number of pyridine rings is 1. The van der Waals surface area contributed by atoms with E-state index in [9.17, 15) is 14.9 Å². The number of nitrogens with zero attached hydrogens (tertiary/aromatic N) is 3. The van der Waals surface area contributed by atoms with E-state index in [1.54, 1.807) is 0 Å². The Labute approximate surface area is 121 Å². The van der Waals surface area contributed by atoms with Gasteiger partial charge in [-0.3, -0.25) is 14.9 Å². The first-order chi connectivity index (χ1) is 9.58. The summed E-state index contributed by atoms with van der Waals surface area (Å²) >= 11 is 5.68. The third kappa shape index (κ3) is 3.57. The van der Waals surface area contributed by atoms with Crippen LogP contribution in [-0.2, 0) is 4.79 Å². The summed E-state index contributed by atoms with van der Waals surface area (Å²) in [5, 5.41) is 13.9. The van der Waals surface area contributed by atoms with Gasteiger partial charge in [-0.05, 0) is 12.8 Å².